The van der Waals surface area contributed by atoms with E-state index in [-0.39, 0.29) is 22.7 Å². The third kappa shape index (κ3) is 6.50. The Labute approximate surface area is 229 Å². The number of rotatable bonds is 9. The van der Waals surface area contributed by atoms with E-state index in [1.165, 1.54) is 12.5 Å². The highest BCUT2D eigenvalue weighted by atomic mass is 79.9. The number of ketones is 1. The van der Waals surface area contributed by atoms with E-state index in [0.717, 1.165) is 17.9 Å². The lowest BCUT2D eigenvalue weighted by atomic mass is 10.1. The largest absolute Gasteiger partial charge is 0.390 e. The molecule has 7 N–H and O–H groups in total. The van der Waals surface area contributed by atoms with Gasteiger partial charge >= 0.3 is 10.3 Å². The zero-order chi connectivity index (χ0) is 26.9. The molecule has 1 saturated carbocycles. The number of nitrogens with zero attached hydrogens (tertiary/aromatic N) is 3. The standard InChI is InChI=1S/C21H21BrClN6O6S2/c22-15-3-1-2-12(28-15)16(24)10-5-14(36-20(10)23)18(31)11-7-25-8-26-21(11)29-13-4-9(17(30)19(13)32)6-27-37(33,34)35/h1-3,5-9,13,16-17,19,27,30,32H,4,24H2,(H,25,26,29)(H,33,34,35)/t9-,13-,16-,17-,19+/m1/s1. The van der Waals surface area contributed by atoms with Crippen molar-refractivity contribution in [3.05, 3.63) is 74.0 Å². The summed E-state index contributed by atoms with van der Waals surface area (Å²) in [5.74, 6) is -1.16. The Hall–Kier alpha value is -2.08. The van der Waals surface area contributed by atoms with Gasteiger partial charge in [-0.1, -0.05) is 17.7 Å². The summed E-state index contributed by atoms with van der Waals surface area (Å²) in [7, 11) is -4.51. The molecule has 0 aliphatic heterocycles. The molecule has 1 aliphatic carbocycles. The average Bonchev–Trinajstić information content (AvgIpc) is 3.36. The summed E-state index contributed by atoms with van der Waals surface area (Å²) >= 11 is 10.8. The molecule has 1 fully saturated rings. The first-order chi connectivity index (χ1) is 17.4. The maximum Gasteiger partial charge on any atom is 0.333 e. The Morgan fingerprint density at radius 2 is 2.08 bits per heavy atom. The first kappa shape index (κ1) is 27.9. The highest BCUT2D eigenvalue weighted by Crippen LogP contribution is 2.36. The summed E-state index contributed by atoms with van der Waals surface area (Å²) in [6.45, 7) is 0.982. The maximum atomic E-state index is 13.4. The van der Waals surface area contributed by atoms with E-state index in [9.17, 15) is 23.4 Å². The number of hydrogen-bond donors (Lipinski definition) is 6. The topological polar surface area (TPSA) is 201 Å². The molecule has 5 atom stereocenters. The van der Waals surface area contributed by atoms with Crippen molar-refractivity contribution >= 4 is 60.8 Å². The molecule has 37 heavy (non-hydrogen) atoms. The van der Waals surface area contributed by atoms with Gasteiger partial charge in [0.25, 0.3) is 0 Å². The molecule has 0 unspecified atom stereocenters. The molecule has 0 aromatic carbocycles. The molecule has 0 amide bonds. The van der Waals surface area contributed by atoms with Gasteiger partial charge in [-0.25, -0.2) is 15.0 Å². The number of pyridine rings is 1. The number of nitrogens with one attached hydrogen (secondary N) is 2. The molecule has 0 spiro atoms. The van der Waals surface area contributed by atoms with Crippen LogP contribution in [0.25, 0.3) is 0 Å². The van der Waals surface area contributed by atoms with Crippen molar-refractivity contribution in [1.82, 2.24) is 19.7 Å². The highest BCUT2D eigenvalue weighted by Gasteiger charge is 2.42. The Morgan fingerprint density at radius 3 is 2.78 bits per heavy atom. The fourth-order valence-electron chi connectivity index (χ4n) is 3.93. The van der Waals surface area contributed by atoms with Gasteiger partial charge in [0.2, 0.25) is 5.78 Å². The first-order valence-corrected chi connectivity index (χ1v) is 14.1. The summed E-state index contributed by atoms with van der Waals surface area (Å²) in [5.41, 5.74) is 7.51. The minimum atomic E-state index is -4.51. The van der Waals surface area contributed by atoms with Crippen molar-refractivity contribution in [3.63, 3.8) is 0 Å². The molecule has 4 rings (SSSR count). The van der Waals surface area contributed by atoms with E-state index in [4.69, 9.17) is 21.9 Å². The van der Waals surface area contributed by atoms with Crippen LogP contribution < -0.4 is 15.8 Å². The van der Waals surface area contributed by atoms with Crippen LogP contribution in [0.2, 0.25) is 4.34 Å². The molecular weight excluding hydrogens is 612 g/mol. The van der Waals surface area contributed by atoms with Crippen molar-refractivity contribution in [2.24, 2.45) is 11.7 Å². The van der Waals surface area contributed by atoms with Crippen LogP contribution in [0.4, 0.5) is 5.82 Å². The van der Waals surface area contributed by atoms with Crippen molar-refractivity contribution < 1.29 is 28.0 Å². The number of thiophene rings is 1. The Bertz CT molecular complexity index is 1410. The lowest BCUT2D eigenvalue weighted by molar-refractivity contribution is 0.0228. The normalized spacial score (nSPS) is 22.6. The summed E-state index contributed by atoms with van der Waals surface area (Å²) in [6.07, 6.45) is -0.0592. The first-order valence-electron chi connectivity index (χ1n) is 10.7. The second-order valence-corrected chi connectivity index (χ2v) is 11.9. The number of carbonyl (C=O) groups excluding carboxylic acids is 1. The van der Waals surface area contributed by atoms with Crippen LogP contribution in [0.3, 0.4) is 0 Å². The fraction of sp³-hybridized carbons (Fsp3) is 0.286. The molecule has 3 aromatic rings. The number of hydrogen-bond acceptors (Lipinski definition) is 11. The smallest absolute Gasteiger partial charge is 0.333 e. The van der Waals surface area contributed by atoms with Gasteiger partial charge in [-0.3, -0.25) is 9.35 Å². The fourth-order valence-corrected chi connectivity index (χ4v) is 5.94. The minimum Gasteiger partial charge on any atom is -0.390 e. The molecule has 197 valence electrons. The third-order valence-corrected chi connectivity index (χ3v) is 8.03. The SMILES string of the molecule is N[C@@H](c1cccc(Br)n1)c1cc(C(=O)c2cncnc2N[C@@H]2C[C@H]([CH]NS(=O)(=O)O)[C@@H](O)[C@H]2O)sc1Cl. The Kier molecular flexibility index (Phi) is 8.57. The predicted molar refractivity (Wildman–Crippen MR) is 139 cm³/mol. The van der Waals surface area contributed by atoms with Crippen LogP contribution >= 0.6 is 38.9 Å². The molecule has 3 heterocycles. The molecule has 1 radical (unpaired) electrons. The van der Waals surface area contributed by atoms with Crippen molar-refractivity contribution in [2.45, 2.75) is 30.7 Å². The number of nitrogens with two attached hydrogens (primary N) is 1. The van der Waals surface area contributed by atoms with E-state index in [2.05, 4.69) is 36.2 Å². The number of aliphatic hydroxyl groups is 2. The third-order valence-electron chi connectivity index (χ3n) is 5.76. The summed E-state index contributed by atoms with van der Waals surface area (Å²) < 4.78 is 33.5. The van der Waals surface area contributed by atoms with E-state index >= 15 is 0 Å². The van der Waals surface area contributed by atoms with Gasteiger partial charge in [-0.15, -0.1) is 11.3 Å². The average molecular weight is 633 g/mol. The molecular formula is C21H21BrClN6O6S2. The molecule has 1 aliphatic rings. The van der Waals surface area contributed by atoms with Crippen molar-refractivity contribution in [1.29, 1.82) is 0 Å². The second kappa shape index (κ2) is 11.3. The number of aliphatic hydroxyl groups excluding tert-OH is 2. The van der Waals surface area contributed by atoms with Gasteiger partial charge < -0.3 is 21.3 Å². The zero-order valence-corrected chi connectivity index (χ0v) is 22.7. The predicted octanol–water partition coefficient (Wildman–Crippen LogP) is 1.70. The van der Waals surface area contributed by atoms with Gasteiger partial charge in [0.1, 0.15) is 22.9 Å². The van der Waals surface area contributed by atoms with Gasteiger partial charge in [-0.05, 0) is 40.5 Å². The van der Waals surface area contributed by atoms with Crippen LogP contribution in [0.1, 0.15) is 39.0 Å². The quantitative estimate of drug-likeness (QED) is 0.114. The van der Waals surface area contributed by atoms with Gasteiger partial charge in [-0.2, -0.15) is 13.1 Å². The van der Waals surface area contributed by atoms with E-state index in [1.54, 1.807) is 29.0 Å². The number of anilines is 1. The second-order valence-electron chi connectivity index (χ2n) is 8.21. The zero-order valence-electron chi connectivity index (χ0n) is 18.7. The van der Waals surface area contributed by atoms with E-state index in [0.29, 0.717) is 20.2 Å². The molecule has 0 bridgehead atoms. The van der Waals surface area contributed by atoms with Gasteiger partial charge in [0, 0.05) is 24.2 Å². The van der Waals surface area contributed by atoms with Crippen LogP contribution in [0, 0.1) is 12.5 Å². The summed E-state index contributed by atoms with van der Waals surface area (Å²) in [4.78, 5) is 26.1. The van der Waals surface area contributed by atoms with Crippen molar-refractivity contribution in [2.75, 3.05) is 5.32 Å². The Balaban J connectivity index is 1.54. The molecule has 3 aromatic heterocycles. The van der Waals surface area contributed by atoms with Crippen LogP contribution in [0.15, 0.2) is 41.4 Å². The highest BCUT2D eigenvalue weighted by molar-refractivity contribution is 9.10. The molecule has 16 heteroatoms. The van der Waals surface area contributed by atoms with Crippen molar-refractivity contribution in [3.8, 4) is 0 Å². The minimum absolute atomic E-state index is 0.0754. The lowest BCUT2D eigenvalue weighted by Crippen LogP contribution is -2.36. The van der Waals surface area contributed by atoms with Crippen LogP contribution in [0.5, 0.6) is 0 Å². The monoisotopic (exact) mass is 631 g/mol. The van der Waals surface area contributed by atoms with E-state index < -0.39 is 46.3 Å². The maximum absolute atomic E-state index is 13.4. The van der Waals surface area contributed by atoms with Gasteiger partial charge in [0.05, 0.1) is 38.7 Å². The number of halogens is 2. The number of aromatic nitrogens is 3. The number of carbonyl (C=O) groups is 1. The van der Waals surface area contributed by atoms with Crippen LogP contribution in [-0.2, 0) is 10.3 Å². The lowest BCUT2D eigenvalue weighted by Gasteiger charge is -2.19. The molecule has 12 nitrogen and oxygen atoms in total. The van der Waals surface area contributed by atoms with Crippen LogP contribution in [-0.4, -0.2) is 62.2 Å². The summed E-state index contributed by atoms with van der Waals surface area (Å²) in [6, 6.07) is 5.41. The van der Waals surface area contributed by atoms with Gasteiger partial charge in [0.15, 0.2) is 0 Å². The Morgan fingerprint density at radius 1 is 1.32 bits per heavy atom. The van der Waals surface area contributed by atoms with E-state index in [1.807, 2.05) is 0 Å². The molecule has 0 saturated heterocycles. The summed E-state index contributed by atoms with van der Waals surface area (Å²) in [5, 5.41) is 23.7.